The van der Waals surface area contributed by atoms with Crippen LogP contribution in [0.3, 0.4) is 0 Å². The average Bonchev–Trinajstić information content (AvgIpc) is 2.48. The Morgan fingerprint density at radius 2 is 2.00 bits per heavy atom. The van der Waals surface area contributed by atoms with E-state index in [4.69, 9.17) is 16.9 Å². The van der Waals surface area contributed by atoms with E-state index in [1.54, 1.807) is 30.0 Å². The Morgan fingerprint density at radius 1 is 1.32 bits per heavy atom. The Hall–Kier alpha value is -2.26. The molecule has 1 heterocycles. The second-order valence-electron chi connectivity index (χ2n) is 5.01. The topological polar surface area (TPSA) is 76.4 Å². The van der Waals surface area contributed by atoms with Crippen LogP contribution in [0.5, 0.6) is 0 Å². The first kappa shape index (κ1) is 16.1. The van der Waals surface area contributed by atoms with Gasteiger partial charge in [-0.15, -0.1) is 0 Å². The molecule has 0 aromatic heterocycles. The third-order valence-corrected chi connectivity index (χ3v) is 3.85. The maximum atomic E-state index is 11.7. The predicted octanol–water partition coefficient (Wildman–Crippen LogP) is 1.86. The zero-order valence-corrected chi connectivity index (χ0v) is 13.1. The summed E-state index contributed by atoms with van der Waals surface area (Å²) in [5.41, 5.74) is 1.32. The molecule has 6 nitrogen and oxygen atoms in total. The molecule has 0 aliphatic carbocycles. The SMILES string of the molecule is CC(=O)N1CCN(c2c(Cl)cccc2NC(=O)CC#N)CC1. The predicted molar refractivity (Wildman–Crippen MR) is 84.8 cm³/mol. The van der Waals surface area contributed by atoms with Crippen LogP contribution in [-0.4, -0.2) is 42.9 Å². The first-order valence-electron chi connectivity index (χ1n) is 6.98. The van der Waals surface area contributed by atoms with Crippen LogP contribution in [0, 0.1) is 11.3 Å². The van der Waals surface area contributed by atoms with Crippen molar-refractivity contribution in [3.63, 3.8) is 0 Å². The number of carbonyl (C=O) groups is 2. The van der Waals surface area contributed by atoms with Gasteiger partial charge >= 0.3 is 0 Å². The van der Waals surface area contributed by atoms with Crippen molar-refractivity contribution in [3.8, 4) is 6.07 Å². The van der Waals surface area contributed by atoms with Crippen molar-refractivity contribution in [2.24, 2.45) is 0 Å². The Balaban J connectivity index is 2.18. The summed E-state index contributed by atoms with van der Waals surface area (Å²) in [6.07, 6.45) is -0.204. The van der Waals surface area contributed by atoms with Crippen molar-refractivity contribution in [2.75, 3.05) is 36.4 Å². The number of halogens is 1. The average molecular weight is 321 g/mol. The summed E-state index contributed by atoms with van der Waals surface area (Å²) in [6.45, 7) is 4.08. The van der Waals surface area contributed by atoms with Crippen LogP contribution >= 0.6 is 11.6 Å². The minimum Gasteiger partial charge on any atom is -0.365 e. The minimum atomic E-state index is -0.367. The zero-order valence-electron chi connectivity index (χ0n) is 12.3. The number of carbonyl (C=O) groups excluding carboxylic acids is 2. The third-order valence-electron chi connectivity index (χ3n) is 3.54. The molecule has 1 N–H and O–H groups in total. The molecule has 1 saturated heterocycles. The van der Waals surface area contributed by atoms with Crippen LogP contribution in [0.2, 0.25) is 5.02 Å². The van der Waals surface area contributed by atoms with Crippen molar-refractivity contribution in [1.29, 1.82) is 5.26 Å². The van der Waals surface area contributed by atoms with E-state index in [0.717, 1.165) is 5.69 Å². The lowest BCUT2D eigenvalue weighted by molar-refractivity contribution is -0.129. The summed E-state index contributed by atoms with van der Waals surface area (Å²) in [5.74, 6) is -0.310. The fourth-order valence-corrected chi connectivity index (χ4v) is 2.74. The van der Waals surface area contributed by atoms with Gasteiger partial charge in [0.15, 0.2) is 0 Å². The van der Waals surface area contributed by atoms with Crippen molar-refractivity contribution in [2.45, 2.75) is 13.3 Å². The van der Waals surface area contributed by atoms with Crippen molar-refractivity contribution in [1.82, 2.24) is 4.90 Å². The van der Waals surface area contributed by atoms with Gasteiger partial charge in [-0.1, -0.05) is 17.7 Å². The van der Waals surface area contributed by atoms with Gasteiger partial charge in [-0.2, -0.15) is 5.26 Å². The number of rotatable bonds is 3. The molecule has 0 atom stereocenters. The fourth-order valence-electron chi connectivity index (χ4n) is 2.45. The quantitative estimate of drug-likeness (QED) is 0.922. The summed E-state index contributed by atoms with van der Waals surface area (Å²) in [7, 11) is 0. The van der Waals surface area contributed by atoms with Crippen LogP contribution in [0.25, 0.3) is 0 Å². The number of nitrogens with one attached hydrogen (secondary N) is 1. The lowest BCUT2D eigenvalue weighted by Gasteiger charge is -2.36. The molecule has 22 heavy (non-hydrogen) atoms. The standard InChI is InChI=1S/C15H17ClN4O2/c1-11(21)19-7-9-20(10-8-19)15-12(16)3-2-4-13(15)18-14(22)5-6-17/h2-4H,5,7-10H2,1H3,(H,18,22). The highest BCUT2D eigenvalue weighted by Gasteiger charge is 2.22. The van der Waals surface area contributed by atoms with E-state index in [-0.39, 0.29) is 18.2 Å². The van der Waals surface area contributed by atoms with E-state index >= 15 is 0 Å². The maximum absolute atomic E-state index is 11.7. The zero-order chi connectivity index (χ0) is 16.1. The van der Waals surface area contributed by atoms with Gasteiger partial charge in [0.1, 0.15) is 6.42 Å². The lowest BCUT2D eigenvalue weighted by Crippen LogP contribution is -2.48. The van der Waals surface area contributed by atoms with E-state index in [0.29, 0.717) is 36.9 Å². The number of benzene rings is 1. The first-order valence-corrected chi connectivity index (χ1v) is 7.36. The summed E-state index contributed by atoms with van der Waals surface area (Å²) >= 11 is 6.28. The number of anilines is 2. The number of amides is 2. The molecule has 1 fully saturated rings. The minimum absolute atomic E-state index is 0.0568. The summed E-state index contributed by atoms with van der Waals surface area (Å²) in [5, 5.41) is 11.8. The van der Waals surface area contributed by atoms with Gasteiger partial charge < -0.3 is 15.1 Å². The molecule has 7 heteroatoms. The molecule has 1 aromatic rings. The number of piperazine rings is 1. The molecule has 0 radical (unpaired) electrons. The largest absolute Gasteiger partial charge is 0.365 e. The van der Waals surface area contributed by atoms with E-state index < -0.39 is 0 Å². The number of nitrogens with zero attached hydrogens (tertiary/aromatic N) is 3. The van der Waals surface area contributed by atoms with Gasteiger partial charge in [-0.05, 0) is 12.1 Å². The molecular weight excluding hydrogens is 304 g/mol. The van der Waals surface area contributed by atoms with Crippen LogP contribution in [0.4, 0.5) is 11.4 Å². The highest BCUT2D eigenvalue weighted by Crippen LogP contribution is 2.34. The van der Waals surface area contributed by atoms with Gasteiger partial charge in [0.2, 0.25) is 11.8 Å². The normalized spacial score (nSPS) is 14.4. The smallest absolute Gasteiger partial charge is 0.238 e. The Labute approximate surface area is 134 Å². The molecule has 0 saturated carbocycles. The number of nitriles is 1. The van der Waals surface area contributed by atoms with Crippen molar-refractivity contribution < 1.29 is 9.59 Å². The molecule has 0 spiro atoms. The van der Waals surface area contributed by atoms with Crippen LogP contribution < -0.4 is 10.2 Å². The maximum Gasteiger partial charge on any atom is 0.238 e. The molecule has 2 rings (SSSR count). The Kier molecular flexibility index (Phi) is 5.23. The first-order chi connectivity index (χ1) is 10.5. The van der Waals surface area contributed by atoms with E-state index in [2.05, 4.69) is 5.32 Å². The van der Waals surface area contributed by atoms with Gasteiger partial charge in [0, 0.05) is 33.1 Å². The number of hydrogen-bond donors (Lipinski definition) is 1. The summed E-state index contributed by atoms with van der Waals surface area (Å²) in [6, 6.07) is 7.08. The molecule has 116 valence electrons. The molecular formula is C15H17ClN4O2. The van der Waals surface area contributed by atoms with Crippen LogP contribution in [-0.2, 0) is 9.59 Å². The highest BCUT2D eigenvalue weighted by atomic mass is 35.5. The number of hydrogen-bond acceptors (Lipinski definition) is 4. The van der Waals surface area contributed by atoms with Crippen molar-refractivity contribution >= 4 is 34.8 Å². The second-order valence-corrected chi connectivity index (χ2v) is 5.42. The monoisotopic (exact) mass is 320 g/mol. The summed E-state index contributed by atoms with van der Waals surface area (Å²) in [4.78, 5) is 26.9. The van der Waals surface area contributed by atoms with Gasteiger partial charge in [-0.3, -0.25) is 9.59 Å². The highest BCUT2D eigenvalue weighted by molar-refractivity contribution is 6.34. The van der Waals surface area contributed by atoms with Gasteiger partial charge in [-0.25, -0.2) is 0 Å². The Morgan fingerprint density at radius 3 is 2.59 bits per heavy atom. The summed E-state index contributed by atoms with van der Waals surface area (Å²) < 4.78 is 0. The molecule has 2 amide bonds. The van der Waals surface area contributed by atoms with Gasteiger partial charge in [0.05, 0.1) is 22.5 Å². The van der Waals surface area contributed by atoms with Crippen molar-refractivity contribution in [3.05, 3.63) is 23.2 Å². The molecule has 0 unspecified atom stereocenters. The molecule has 1 aromatic carbocycles. The third kappa shape index (κ3) is 3.68. The van der Waals surface area contributed by atoms with E-state index in [1.165, 1.54) is 0 Å². The second kappa shape index (κ2) is 7.14. The van der Waals surface area contributed by atoms with Crippen LogP contribution in [0.15, 0.2) is 18.2 Å². The molecule has 1 aliphatic heterocycles. The van der Waals surface area contributed by atoms with Gasteiger partial charge in [0.25, 0.3) is 0 Å². The fraction of sp³-hybridized carbons (Fsp3) is 0.400. The van der Waals surface area contributed by atoms with E-state index in [1.807, 2.05) is 11.0 Å². The number of para-hydroxylation sites is 1. The lowest BCUT2D eigenvalue weighted by atomic mass is 10.2. The molecule has 1 aliphatic rings. The van der Waals surface area contributed by atoms with E-state index in [9.17, 15) is 9.59 Å². The van der Waals surface area contributed by atoms with Crippen LogP contribution in [0.1, 0.15) is 13.3 Å². The Bertz CT molecular complexity index is 618. The molecule has 0 bridgehead atoms.